The van der Waals surface area contributed by atoms with E-state index in [1.807, 2.05) is 44.2 Å². The van der Waals surface area contributed by atoms with Crippen LogP contribution in [0.15, 0.2) is 35.7 Å². The number of hydrogen-bond acceptors (Lipinski definition) is 4. The summed E-state index contributed by atoms with van der Waals surface area (Å²) in [7, 11) is 0. The highest BCUT2D eigenvalue weighted by Gasteiger charge is 2.30. The number of rotatable bonds is 5. The average Bonchev–Trinajstić information content (AvgIpc) is 2.86. The minimum absolute atomic E-state index is 0.144. The number of thiazole rings is 1. The van der Waals surface area contributed by atoms with Gasteiger partial charge in [-0.1, -0.05) is 30.3 Å². The lowest BCUT2D eigenvalue weighted by Crippen LogP contribution is -2.34. The molecule has 0 spiro atoms. The summed E-state index contributed by atoms with van der Waals surface area (Å²) in [5, 5.41) is 13.5. The largest absolute Gasteiger partial charge is 0.481 e. The molecule has 110 valence electrons. The van der Waals surface area contributed by atoms with E-state index in [-0.39, 0.29) is 12.3 Å². The van der Waals surface area contributed by atoms with Crippen LogP contribution in [-0.4, -0.2) is 22.0 Å². The Morgan fingerprint density at radius 2 is 1.95 bits per heavy atom. The molecule has 0 unspecified atom stereocenters. The van der Waals surface area contributed by atoms with Crippen molar-refractivity contribution in [2.24, 2.45) is 0 Å². The fourth-order valence-corrected chi connectivity index (χ4v) is 2.55. The van der Waals surface area contributed by atoms with Crippen LogP contribution in [0, 0.1) is 0 Å². The fourth-order valence-electron chi connectivity index (χ4n) is 1.84. The fraction of sp³-hybridized carbons (Fsp3) is 0.267. The molecule has 0 radical (unpaired) electrons. The summed E-state index contributed by atoms with van der Waals surface area (Å²) in [5.74, 6) is -1.12. The van der Waals surface area contributed by atoms with Gasteiger partial charge in [0.2, 0.25) is 5.91 Å². The molecule has 2 N–H and O–H groups in total. The number of nitrogens with zero attached hydrogens (tertiary/aromatic N) is 1. The predicted molar refractivity (Wildman–Crippen MR) is 81.6 cm³/mol. The molecular formula is C15H16N2O3S. The number of hydrogen-bond donors (Lipinski definition) is 2. The van der Waals surface area contributed by atoms with Gasteiger partial charge in [-0.3, -0.25) is 9.59 Å². The standard InChI is InChI=1S/C15H16N2O3S/c1-15(2,10-6-4-3-5-7-10)13(20)17-14-16-11(9-21-14)8-12(18)19/h3-7,9H,8H2,1-2H3,(H,18,19)(H,16,17,20). The van der Waals surface area contributed by atoms with Gasteiger partial charge in [-0.2, -0.15) is 0 Å². The van der Waals surface area contributed by atoms with Gasteiger partial charge in [0.05, 0.1) is 17.5 Å². The number of carboxylic acids is 1. The minimum atomic E-state index is -0.942. The second kappa shape index (κ2) is 6.05. The Labute approximate surface area is 126 Å². The van der Waals surface area contributed by atoms with E-state index >= 15 is 0 Å². The summed E-state index contributed by atoms with van der Waals surface area (Å²) in [5.41, 5.74) is 0.657. The lowest BCUT2D eigenvalue weighted by atomic mass is 9.84. The van der Waals surface area contributed by atoms with Crippen molar-refractivity contribution in [3.63, 3.8) is 0 Å². The third kappa shape index (κ3) is 3.66. The van der Waals surface area contributed by atoms with E-state index in [4.69, 9.17) is 5.11 Å². The third-order valence-electron chi connectivity index (χ3n) is 3.17. The van der Waals surface area contributed by atoms with Gasteiger partial charge >= 0.3 is 5.97 Å². The van der Waals surface area contributed by atoms with Crippen LogP contribution < -0.4 is 5.32 Å². The second-order valence-corrected chi connectivity index (χ2v) is 6.02. The number of aromatic nitrogens is 1. The molecule has 0 saturated heterocycles. The van der Waals surface area contributed by atoms with Gasteiger partial charge in [-0.05, 0) is 19.4 Å². The maximum Gasteiger partial charge on any atom is 0.309 e. The first kappa shape index (κ1) is 15.2. The number of anilines is 1. The molecule has 0 aliphatic heterocycles. The molecule has 5 nitrogen and oxygen atoms in total. The van der Waals surface area contributed by atoms with E-state index in [9.17, 15) is 9.59 Å². The monoisotopic (exact) mass is 304 g/mol. The van der Waals surface area contributed by atoms with Gasteiger partial charge in [0.15, 0.2) is 5.13 Å². The summed E-state index contributed by atoms with van der Waals surface area (Å²) < 4.78 is 0. The lowest BCUT2D eigenvalue weighted by molar-refractivity contribution is -0.136. The maximum atomic E-state index is 12.4. The van der Waals surface area contributed by atoms with Crippen LogP contribution >= 0.6 is 11.3 Å². The minimum Gasteiger partial charge on any atom is -0.481 e. The van der Waals surface area contributed by atoms with Crippen LogP contribution in [0.1, 0.15) is 25.1 Å². The third-order valence-corrected chi connectivity index (χ3v) is 3.97. The Balaban J connectivity index is 2.10. The molecule has 2 aromatic rings. The molecule has 1 amide bonds. The van der Waals surface area contributed by atoms with Crippen LogP contribution in [0.5, 0.6) is 0 Å². The molecular weight excluding hydrogens is 288 g/mol. The smallest absolute Gasteiger partial charge is 0.309 e. The molecule has 1 aromatic heterocycles. The van der Waals surface area contributed by atoms with Crippen molar-refractivity contribution in [1.29, 1.82) is 0 Å². The normalized spacial score (nSPS) is 11.1. The number of benzene rings is 1. The average molecular weight is 304 g/mol. The molecule has 2 rings (SSSR count). The zero-order valence-electron chi connectivity index (χ0n) is 11.8. The molecule has 6 heteroatoms. The molecule has 1 heterocycles. The van der Waals surface area contributed by atoms with Gasteiger partial charge < -0.3 is 10.4 Å². The number of carbonyl (C=O) groups excluding carboxylic acids is 1. The van der Waals surface area contributed by atoms with Crippen molar-refractivity contribution in [2.45, 2.75) is 25.7 Å². The Hall–Kier alpha value is -2.21. The van der Waals surface area contributed by atoms with E-state index < -0.39 is 11.4 Å². The van der Waals surface area contributed by atoms with Gasteiger partial charge in [0.25, 0.3) is 0 Å². The van der Waals surface area contributed by atoms with Crippen LogP contribution in [0.25, 0.3) is 0 Å². The highest BCUT2D eigenvalue weighted by atomic mass is 32.1. The predicted octanol–water partition coefficient (Wildman–Crippen LogP) is 2.69. The molecule has 0 fully saturated rings. The quantitative estimate of drug-likeness (QED) is 0.890. The number of nitrogens with one attached hydrogen (secondary N) is 1. The number of carboxylic acid groups (broad SMARTS) is 1. The molecule has 0 atom stereocenters. The topological polar surface area (TPSA) is 79.3 Å². The number of aliphatic carboxylic acids is 1. The van der Waals surface area contributed by atoms with E-state index in [1.165, 1.54) is 11.3 Å². The Morgan fingerprint density at radius 1 is 1.29 bits per heavy atom. The molecule has 0 saturated carbocycles. The lowest BCUT2D eigenvalue weighted by Gasteiger charge is -2.23. The van der Waals surface area contributed by atoms with Crippen molar-refractivity contribution in [3.05, 3.63) is 47.0 Å². The zero-order chi connectivity index (χ0) is 15.5. The first-order valence-electron chi connectivity index (χ1n) is 6.43. The van der Waals surface area contributed by atoms with Gasteiger partial charge in [0.1, 0.15) is 0 Å². The Bertz CT molecular complexity index is 650. The highest BCUT2D eigenvalue weighted by molar-refractivity contribution is 7.13. The molecule has 0 aliphatic rings. The molecule has 21 heavy (non-hydrogen) atoms. The van der Waals surface area contributed by atoms with Crippen molar-refractivity contribution in [1.82, 2.24) is 4.98 Å². The first-order valence-corrected chi connectivity index (χ1v) is 7.31. The Morgan fingerprint density at radius 3 is 2.57 bits per heavy atom. The summed E-state index contributed by atoms with van der Waals surface area (Å²) >= 11 is 1.22. The van der Waals surface area contributed by atoms with Gasteiger partial charge in [0, 0.05) is 5.38 Å². The maximum absolute atomic E-state index is 12.4. The summed E-state index contributed by atoms with van der Waals surface area (Å²) in [6.07, 6.45) is -0.144. The summed E-state index contributed by atoms with van der Waals surface area (Å²) in [6, 6.07) is 9.47. The summed E-state index contributed by atoms with van der Waals surface area (Å²) in [6.45, 7) is 3.67. The van der Waals surface area contributed by atoms with Gasteiger partial charge in [-0.25, -0.2) is 4.98 Å². The van der Waals surface area contributed by atoms with Gasteiger partial charge in [-0.15, -0.1) is 11.3 Å². The number of carbonyl (C=O) groups is 2. The van der Waals surface area contributed by atoms with E-state index in [2.05, 4.69) is 10.3 Å². The van der Waals surface area contributed by atoms with Crippen LogP contribution in [-0.2, 0) is 21.4 Å². The van der Waals surface area contributed by atoms with Crippen LogP contribution in [0.2, 0.25) is 0 Å². The van der Waals surface area contributed by atoms with Crippen LogP contribution in [0.4, 0.5) is 5.13 Å². The number of amides is 1. The molecule has 0 aliphatic carbocycles. The first-order chi connectivity index (χ1) is 9.89. The SMILES string of the molecule is CC(C)(C(=O)Nc1nc(CC(=O)O)cs1)c1ccccc1. The van der Waals surface area contributed by atoms with Crippen LogP contribution in [0.3, 0.4) is 0 Å². The van der Waals surface area contributed by atoms with Crippen molar-refractivity contribution in [3.8, 4) is 0 Å². The highest BCUT2D eigenvalue weighted by Crippen LogP contribution is 2.26. The molecule has 0 bridgehead atoms. The van der Waals surface area contributed by atoms with E-state index in [0.717, 1.165) is 5.56 Å². The van der Waals surface area contributed by atoms with Crippen molar-refractivity contribution >= 4 is 28.3 Å². The zero-order valence-corrected chi connectivity index (χ0v) is 12.6. The molecule has 1 aromatic carbocycles. The van der Waals surface area contributed by atoms with Crippen molar-refractivity contribution in [2.75, 3.05) is 5.32 Å². The van der Waals surface area contributed by atoms with E-state index in [0.29, 0.717) is 10.8 Å². The Kier molecular flexibility index (Phi) is 4.37. The van der Waals surface area contributed by atoms with E-state index in [1.54, 1.807) is 5.38 Å². The summed E-state index contributed by atoms with van der Waals surface area (Å²) in [4.78, 5) is 27.1. The second-order valence-electron chi connectivity index (χ2n) is 5.16. The van der Waals surface area contributed by atoms with Crippen molar-refractivity contribution < 1.29 is 14.7 Å².